The second-order valence-corrected chi connectivity index (χ2v) is 7.29. The molecule has 0 amide bonds. The number of benzene rings is 1. The maximum atomic E-state index is 13.6. The minimum atomic E-state index is -0.494. The molecule has 3 aliphatic carbocycles. The highest BCUT2D eigenvalue weighted by Crippen LogP contribution is 2.58. The fourth-order valence-corrected chi connectivity index (χ4v) is 4.38. The third-order valence-corrected chi connectivity index (χ3v) is 5.94. The Kier molecular flexibility index (Phi) is 4.12. The summed E-state index contributed by atoms with van der Waals surface area (Å²) in [5.41, 5.74) is 0.974. The van der Waals surface area contributed by atoms with Crippen LogP contribution in [0.15, 0.2) is 18.2 Å². The Hall–Kier alpha value is -1.56. The van der Waals surface area contributed by atoms with Gasteiger partial charge in [-0.05, 0) is 62.5 Å². The first-order valence-corrected chi connectivity index (χ1v) is 8.43. The topological polar surface area (TPSA) is 33.0 Å². The van der Waals surface area contributed by atoms with E-state index in [0.29, 0.717) is 23.2 Å². The third-order valence-electron chi connectivity index (χ3n) is 5.94. The Morgan fingerprint density at radius 3 is 2.32 bits per heavy atom. The van der Waals surface area contributed by atoms with Crippen LogP contribution in [-0.2, 0) is 0 Å². The van der Waals surface area contributed by atoms with Crippen molar-refractivity contribution in [2.24, 2.45) is 10.8 Å². The van der Waals surface area contributed by atoms with Crippen molar-refractivity contribution >= 4 is 0 Å². The lowest BCUT2D eigenvalue weighted by Crippen LogP contribution is -2.44. The summed E-state index contributed by atoms with van der Waals surface area (Å²) in [5.74, 6) is 0.0496. The Bertz CT molecular complexity index is 565. The van der Waals surface area contributed by atoms with Gasteiger partial charge >= 0.3 is 0 Å². The van der Waals surface area contributed by atoms with Crippen LogP contribution in [-0.4, -0.2) is 6.61 Å². The fourth-order valence-electron chi connectivity index (χ4n) is 4.38. The van der Waals surface area contributed by atoms with Crippen LogP contribution in [0.3, 0.4) is 0 Å². The number of rotatable bonds is 5. The molecule has 22 heavy (non-hydrogen) atoms. The first-order chi connectivity index (χ1) is 10.6. The lowest BCUT2D eigenvalue weighted by molar-refractivity contribution is -0.0402. The number of nitriles is 1. The summed E-state index contributed by atoms with van der Waals surface area (Å²) in [6, 6.07) is 6.37. The molecule has 0 aromatic heterocycles. The maximum Gasteiger partial charge on any atom is 0.144 e. The summed E-state index contributed by atoms with van der Waals surface area (Å²) in [5, 5.41) is 8.76. The van der Waals surface area contributed by atoms with Gasteiger partial charge in [0.15, 0.2) is 0 Å². The van der Waals surface area contributed by atoms with Crippen molar-refractivity contribution in [2.75, 3.05) is 6.61 Å². The van der Waals surface area contributed by atoms with Gasteiger partial charge in [-0.15, -0.1) is 0 Å². The summed E-state index contributed by atoms with van der Waals surface area (Å²) < 4.78 is 19.5. The van der Waals surface area contributed by atoms with Crippen LogP contribution < -0.4 is 4.74 Å². The zero-order valence-corrected chi connectivity index (χ0v) is 13.3. The van der Waals surface area contributed by atoms with Crippen LogP contribution in [0, 0.1) is 28.0 Å². The van der Waals surface area contributed by atoms with Crippen LogP contribution in [0.5, 0.6) is 5.75 Å². The molecule has 3 heteroatoms. The maximum absolute atomic E-state index is 13.6. The van der Waals surface area contributed by atoms with E-state index in [0.717, 1.165) is 0 Å². The van der Waals surface area contributed by atoms with Crippen molar-refractivity contribution in [3.8, 4) is 11.8 Å². The van der Waals surface area contributed by atoms with E-state index < -0.39 is 5.82 Å². The van der Waals surface area contributed by atoms with E-state index in [-0.39, 0.29) is 5.56 Å². The SMILES string of the molecule is CCCC12CCC(COc3ccc(C#N)c(F)c3)(CC1)CC2. The van der Waals surface area contributed by atoms with Crippen molar-refractivity contribution in [3.05, 3.63) is 29.6 Å². The molecule has 0 spiro atoms. The summed E-state index contributed by atoms with van der Waals surface area (Å²) in [6.45, 7) is 2.97. The highest BCUT2D eigenvalue weighted by atomic mass is 19.1. The molecule has 0 atom stereocenters. The monoisotopic (exact) mass is 301 g/mol. The molecule has 1 aromatic carbocycles. The van der Waals surface area contributed by atoms with Crippen molar-refractivity contribution < 1.29 is 9.13 Å². The molecule has 0 unspecified atom stereocenters. The zero-order chi connectivity index (χ0) is 15.6. The molecule has 3 saturated carbocycles. The summed E-state index contributed by atoms with van der Waals surface area (Å²) >= 11 is 0. The largest absolute Gasteiger partial charge is 0.493 e. The van der Waals surface area contributed by atoms with Gasteiger partial charge in [0, 0.05) is 11.5 Å². The van der Waals surface area contributed by atoms with Crippen molar-refractivity contribution in [3.63, 3.8) is 0 Å². The van der Waals surface area contributed by atoms with Crippen molar-refractivity contribution in [1.29, 1.82) is 5.26 Å². The smallest absolute Gasteiger partial charge is 0.144 e. The van der Waals surface area contributed by atoms with Gasteiger partial charge < -0.3 is 4.74 Å². The van der Waals surface area contributed by atoms with Crippen LogP contribution >= 0.6 is 0 Å². The predicted molar refractivity (Wildman–Crippen MR) is 84.1 cm³/mol. The number of ether oxygens (including phenoxy) is 1. The predicted octanol–water partition coefficient (Wildman–Crippen LogP) is 5.22. The molecule has 0 aliphatic heterocycles. The van der Waals surface area contributed by atoms with Crippen LogP contribution in [0.1, 0.15) is 63.9 Å². The Morgan fingerprint density at radius 1 is 1.14 bits per heavy atom. The summed E-state index contributed by atoms with van der Waals surface area (Å²) in [4.78, 5) is 0. The molecule has 3 fully saturated rings. The van der Waals surface area contributed by atoms with E-state index in [1.807, 2.05) is 6.07 Å². The fraction of sp³-hybridized carbons (Fsp3) is 0.632. The lowest BCUT2D eigenvalue weighted by Gasteiger charge is -2.53. The average molecular weight is 301 g/mol. The van der Waals surface area contributed by atoms with Crippen LogP contribution in [0.25, 0.3) is 0 Å². The van der Waals surface area contributed by atoms with Gasteiger partial charge in [-0.3, -0.25) is 0 Å². The van der Waals surface area contributed by atoms with Crippen LogP contribution in [0.2, 0.25) is 0 Å². The lowest BCUT2D eigenvalue weighted by atomic mass is 9.53. The van der Waals surface area contributed by atoms with Crippen molar-refractivity contribution in [2.45, 2.75) is 58.3 Å². The highest BCUT2D eigenvalue weighted by Gasteiger charge is 2.48. The quantitative estimate of drug-likeness (QED) is 0.747. The Morgan fingerprint density at radius 2 is 1.77 bits per heavy atom. The minimum Gasteiger partial charge on any atom is -0.493 e. The van der Waals surface area contributed by atoms with E-state index in [9.17, 15) is 4.39 Å². The normalized spacial score (nSPS) is 30.0. The second-order valence-electron chi connectivity index (χ2n) is 7.29. The van der Waals surface area contributed by atoms with Gasteiger partial charge in [-0.25, -0.2) is 4.39 Å². The van der Waals surface area contributed by atoms with E-state index in [1.54, 1.807) is 6.07 Å². The molecule has 0 heterocycles. The number of halogens is 1. The number of hydrogen-bond acceptors (Lipinski definition) is 2. The second kappa shape index (κ2) is 5.91. The van der Waals surface area contributed by atoms with Gasteiger partial charge in [-0.2, -0.15) is 5.26 Å². The molecule has 0 saturated heterocycles. The van der Waals surface area contributed by atoms with Crippen LogP contribution in [0.4, 0.5) is 4.39 Å². The van der Waals surface area contributed by atoms with E-state index in [2.05, 4.69) is 6.92 Å². The molecule has 118 valence electrons. The zero-order valence-electron chi connectivity index (χ0n) is 13.3. The minimum absolute atomic E-state index is 0.0743. The van der Waals surface area contributed by atoms with E-state index in [1.165, 1.54) is 63.5 Å². The molecule has 1 aromatic rings. The van der Waals surface area contributed by atoms with Gasteiger partial charge in [-0.1, -0.05) is 13.3 Å². The molecular formula is C19H24FNO. The Labute approximate surface area is 132 Å². The van der Waals surface area contributed by atoms with E-state index in [4.69, 9.17) is 10.00 Å². The standard InChI is InChI=1S/C19H24FNO/c1-2-5-18-6-9-19(10-7-18,11-8-18)14-22-16-4-3-15(13-21)17(20)12-16/h3-4,12H,2,5-11,14H2,1H3. The molecule has 3 aliphatic rings. The average Bonchev–Trinajstić information content (AvgIpc) is 2.55. The molecular weight excluding hydrogens is 277 g/mol. The third kappa shape index (κ3) is 2.84. The number of fused-ring (bicyclic) bond motifs is 3. The molecule has 0 N–H and O–H groups in total. The van der Waals surface area contributed by atoms with Crippen molar-refractivity contribution in [1.82, 2.24) is 0 Å². The van der Waals surface area contributed by atoms with Gasteiger partial charge in [0.25, 0.3) is 0 Å². The van der Waals surface area contributed by atoms with Gasteiger partial charge in [0.05, 0.1) is 12.2 Å². The number of nitrogens with zero attached hydrogens (tertiary/aromatic N) is 1. The Balaban J connectivity index is 1.61. The first-order valence-electron chi connectivity index (χ1n) is 8.43. The summed E-state index contributed by atoms with van der Waals surface area (Å²) in [7, 11) is 0. The van der Waals surface area contributed by atoms with E-state index >= 15 is 0 Å². The summed E-state index contributed by atoms with van der Waals surface area (Å²) in [6.07, 6.45) is 10.4. The van der Waals surface area contributed by atoms with Gasteiger partial charge in [0.1, 0.15) is 17.6 Å². The highest BCUT2D eigenvalue weighted by molar-refractivity contribution is 5.36. The first kappa shape index (κ1) is 15.3. The number of hydrogen-bond donors (Lipinski definition) is 0. The molecule has 2 nitrogen and oxygen atoms in total. The van der Waals surface area contributed by atoms with Gasteiger partial charge in [0.2, 0.25) is 0 Å². The molecule has 2 bridgehead atoms. The molecule has 4 rings (SSSR count). The molecule has 0 radical (unpaired) electrons.